The van der Waals surface area contributed by atoms with E-state index in [-0.39, 0.29) is 11.9 Å². The summed E-state index contributed by atoms with van der Waals surface area (Å²) in [6.07, 6.45) is 2.20. The van der Waals surface area contributed by atoms with Gasteiger partial charge in [-0.2, -0.15) is 23.2 Å². The van der Waals surface area contributed by atoms with E-state index >= 15 is 0 Å². The second-order valence-electron chi connectivity index (χ2n) is 8.80. The number of hydrogen-bond donors (Lipinski definition) is 1. The fourth-order valence-corrected chi connectivity index (χ4v) is 5.20. The summed E-state index contributed by atoms with van der Waals surface area (Å²) in [4.78, 5) is 12.7. The minimum atomic E-state index is -4.73. The van der Waals surface area contributed by atoms with Crippen LogP contribution in [0.15, 0.2) is 29.4 Å². The van der Waals surface area contributed by atoms with E-state index in [1.54, 1.807) is 4.72 Å². The summed E-state index contributed by atoms with van der Waals surface area (Å²) in [6.45, 7) is 0.714. The maximum absolute atomic E-state index is 12.8. The lowest BCUT2D eigenvalue weighted by atomic mass is 9.92. The molecule has 0 amide bonds. The second kappa shape index (κ2) is 8.02. The largest absolute Gasteiger partial charge is 0.404 e. The normalized spacial score (nSPS) is 18.0. The molecule has 2 saturated carbocycles. The Hall–Kier alpha value is -3.04. The molecule has 12 heteroatoms. The number of nitrogens with one attached hydrogen (secondary N) is 1. The lowest BCUT2D eigenvalue weighted by Crippen LogP contribution is -2.43. The molecule has 2 aliphatic rings. The molecule has 2 fully saturated rings. The van der Waals surface area contributed by atoms with Crippen LogP contribution < -0.4 is 4.72 Å². The number of halogens is 3. The highest BCUT2D eigenvalue weighted by Crippen LogP contribution is 2.44. The van der Waals surface area contributed by atoms with Gasteiger partial charge in [-0.1, -0.05) is 0 Å². The summed E-state index contributed by atoms with van der Waals surface area (Å²) in [7, 11) is -4.49. The van der Waals surface area contributed by atoms with Crippen molar-refractivity contribution in [3.63, 3.8) is 0 Å². The first-order chi connectivity index (χ1) is 16.1. The fraction of sp³-hybridized carbons (Fsp3) is 0.455. The number of rotatable bonds is 6. The van der Waals surface area contributed by atoms with Crippen molar-refractivity contribution in [1.29, 1.82) is 5.26 Å². The van der Waals surface area contributed by atoms with E-state index < -0.39 is 27.1 Å². The number of aromatic nitrogens is 4. The molecule has 178 valence electrons. The lowest BCUT2D eigenvalue weighted by Gasteiger charge is -2.29. The third-order valence-corrected chi connectivity index (χ3v) is 7.89. The van der Waals surface area contributed by atoms with Gasteiger partial charge in [0.1, 0.15) is 28.3 Å². The Bertz CT molecular complexity index is 1400. The van der Waals surface area contributed by atoms with E-state index in [1.807, 2.05) is 16.7 Å². The predicted octanol–water partition coefficient (Wildman–Crippen LogP) is 4.20. The van der Waals surface area contributed by atoms with Crippen LogP contribution in [0.5, 0.6) is 0 Å². The molecule has 0 saturated heterocycles. The molecule has 3 heterocycles. The van der Waals surface area contributed by atoms with Gasteiger partial charge in [0.15, 0.2) is 5.82 Å². The van der Waals surface area contributed by atoms with Gasteiger partial charge in [-0.25, -0.2) is 23.4 Å². The van der Waals surface area contributed by atoms with Crippen LogP contribution in [0.4, 0.5) is 13.2 Å². The molecular weight excluding hydrogens is 469 g/mol. The van der Waals surface area contributed by atoms with Crippen LogP contribution in [0.25, 0.3) is 22.6 Å². The van der Waals surface area contributed by atoms with Gasteiger partial charge in [0.05, 0.1) is 18.0 Å². The molecule has 34 heavy (non-hydrogen) atoms. The maximum Gasteiger partial charge on any atom is 0.404 e. The van der Waals surface area contributed by atoms with E-state index in [4.69, 9.17) is 4.98 Å². The first-order valence-corrected chi connectivity index (χ1v) is 12.4. The highest BCUT2D eigenvalue weighted by molar-refractivity contribution is 7.89. The van der Waals surface area contributed by atoms with Crippen molar-refractivity contribution in [2.45, 2.75) is 68.1 Å². The molecule has 2 aliphatic carbocycles. The van der Waals surface area contributed by atoms with Gasteiger partial charge in [0.2, 0.25) is 10.0 Å². The van der Waals surface area contributed by atoms with Crippen molar-refractivity contribution < 1.29 is 21.6 Å². The Labute approximate surface area is 193 Å². The zero-order valence-corrected chi connectivity index (χ0v) is 19.0. The summed E-state index contributed by atoms with van der Waals surface area (Å²) in [5, 5.41) is 10.6. The van der Waals surface area contributed by atoms with Crippen molar-refractivity contribution in [2.75, 3.05) is 0 Å². The molecule has 3 aromatic heterocycles. The Balaban J connectivity index is 1.58. The highest BCUT2D eigenvalue weighted by Gasteiger charge is 2.39. The Morgan fingerprint density at radius 1 is 1.18 bits per heavy atom. The quantitative estimate of drug-likeness (QED) is 0.554. The molecule has 0 bridgehead atoms. The third-order valence-electron chi connectivity index (χ3n) is 6.39. The molecule has 1 atom stereocenters. The van der Waals surface area contributed by atoms with E-state index in [1.165, 1.54) is 0 Å². The number of alkyl halides is 3. The lowest BCUT2D eigenvalue weighted by molar-refractivity contribution is -0.147. The number of nitriles is 1. The third kappa shape index (κ3) is 3.92. The van der Waals surface area contributed by atoms with Gasteiger partial charge >= 0.3 is 6.18 Å². The fourth-order valence-electron chi connectivity index (χ4n) is 4.08. The number of fused-ring (bicyclic) bond motifs is 1. The monoisotopic (exact) mass is 490 g/mol. The summed E-state index contributed by atoms with van der Waals surface area (Å²) >= 11 is 0. The van der Waals surface area contributed by atoms with E-state index in [2.05, 4.69) is 16.0 Å². The highest BCUT2D eigenvalue weighted by atomic mass is 32.2. The van der Waals surface area contributed by atoms with Crippen molar-refractivity contribution >= 4 is 21.1 Å². The van der Waals surface area contributed by atoms with Crippen LogP contribution in [-0.4, -0.2) is 40.2 Å². The van der Waals surface area contributed by atoms with Crippen LogP contribution in [-0.2, 0) is 10.0 Å². The Morgan fingerprint density at radius 3 is 2.38 bits per heavy atom. The molecule has 0 spiro atoms. The average molecular weight is 491 g/mol. The molecule has 1 N–H and O–H groups in total. The molecule has 8 nitrogen and oxygen atoms in total. The summed E-state index contributed by atoms with van der Waals surface area (Å²) < 4.78 is 66.7. The van der Waals surface area contributed by atoms with Crippen LogP contribution >= 0.6 is 0 Å². The van der Waals surface area contributed by atoms with Crippen molar-refractivity contribution in [1.82, 2.24) is 24.2 Å². The summed E-state index contributed by atoms with van der Waals surface area (Å²) in [5.41, 5.74) is 2.45. The van der Waals surface area contributed by atoms with Crippen LogP contribution in [0, 0.1) is 11.3 Å². The first kappa shape index (κ1) is 22.7. The van der Waals surface area contributed by atoms with Crippen LogP contribution in [0.1, 0.15) is 62.2 Å². The molecule has 0 radical (unpaired) electrons. The minimum absolute atomic E-state index is 0.114. The average Bonchev–Trinajstić information content (AvgIpc) is 3.55. The van der Waals surface area contributed by atoms with Gasteiger partial charge in [-0.3, -0.25) is 0 Å². The van der Waals surface area contributed by atoms with Crippen LogP contribution in [0.2, 0.25) is 0 Å². The van der Waals surface area contributed by atoms with Crippen molar-refractivity contribution in [3.05, 3.63) is 35.8 Å². The number of hydrogen-bond acceptors (Lipinski definition) is 6. The molecule has 0 unspecified atom stereocenters. The van der Waals surface area contributed by atoms with E-state index in [0.29, 0.717) is 35.1 Å². The van der Waals surface area contributed by atoms with Crippen molar-refractivity contribution in [3.8, 4) is 17.6 Å². The molecule has 3 aromatic rings. The van der Waals surface area contributed by atoms with E-state index in [0.717, 1.165) is 50.2 Å². The van der Waals surface area contributed by atoms with Gasteiger partial charge < -0.3 is 4.57 Å². The minimum Gasteiger partial charge on any atom is -0.318 e. The summed E-state index contributed by atoms with van der Waals surface area (Å²) in [5.74, 6) is 0.549. The van der Waals surface area contributed by atoms with Gasteiger partial charge in [-0.05, 0) is 51.2 Å². The second-order valence-corrected chi connectivity index (χ2v) is 10.5. The van der Waals surface area contributed by atoms with Crippen LogP contribution in [0.3, 0.4) is 0 Å². The predicted molar refractivity (Wildman–Crippen MR) is 116 cm³/mol. The number of sulfonamides is 1. The van der Waals surface area contributed by atoms with E-state index in [9.17, 15) is 26.9 Å². The molecule has 0 aliphatic heterocycles. The maximum atomic E-state index is 12.8. The number of nitrogens with zero attached hydrogens (tertiary/aromatic N) is 5. The smallest absolute Gasteiger partial charge is 0.318 e. The Morgan fingerprint density at radius 2 is 1.85 bits per heavy atom. The molecular formula is C22H21F3N6O2S. The van der Waals surface area contributed by atoms with Gasteiger partial charge in [0.25, 0.3) is 0 Å². The van der Waals surface area contributed by atoms with Crippen molar-refractivity contribution in [2.24, 2.45) is 0 Å². The zero-order valence-electron chi connectivity index (χ0n) is 18.2. The van der Waals surface area contributed by atoms with Gasteiger partial charge in [0, 0.05) is 23.0 Å². The molecule has 5 rings (SSSR count). The summed E-state index contributed by atoms with van der Waals surface area (Å²) in [6, 6.07) is 3.88. The van der Waals surface area contributed by atoms with Gasteiger partial charge in [-0.15, -0.1) is 0 Å². The zero-order chi connectivity index (χ0) is 24.3. The SMILES string of the molecule is C[C@@H](NS(=O)(=O)c1cnc(-c2c(C#N)c3ccc(C4CC4)nc3n2C2CCC2)nc1)C(F)(F)F. The number of pyridine rings is 1. The molecule has 0 aromatic carbocycles. The standard InChI is InChI=1S/C22H21F3N6O2S/c1-12(22(23,24)25)30-34(32,33)15-10-27-20(28-11-15)19-17(9-26)16-7-8-18(13-5-6-13)29-21(16)31(19)14-3-2-4-14/h7-8,10-14,30H,2-6H2,1H3/t12-/m1/s1. The first-order valence-electron chi connectivity index (χ1n) is 11.0. The Kier molecular flexibility index (Phi) is 5.37. The topological polar surface area (TPSA) is 114 Å².